The molecule has 1 N–H and O–H groups in total. The molecule has 0 atom stereocenters. The van der Waals surface area contributed by atoms with Crippen molar-refractivity contribution in [2.75, 3.05) is 32.7 Å². The van der Waals surface area contributed by atoms with Gasteiger partial charge in [-0.3, -0.25) is 4.79 Å². The highest BCUT2D eigenvalue weighted by Crippen LogP contribution is 2.33. The number of H-pyrrole nitrogens is 1. The van der Waals surface area contributed by atoms with Crippen molar-refractivity contribution in [3.05, 3.63) is 76.2 Å². The third-order valence-electron chi connectivity index (χ3n) is 7.11. The van der Waals surface area contributed by atoms with Gasteiger partial charge in [-0.1, -0.05) is 25.1 Å². The summed E-state index contributed by atoms with van der Waals surface area (Å²) < 4.78 is 0. The average Bonchev–Trinajstić information content (AvgIpc) is 3.13. The molecule has 1 amide bonds. The number of likely N-dealkylation sites (N-methyl/N-ethyl adjacent to an activating group) is 1. The van der Waals surface area contributed by atoms with E-state index in [9.17, 15) is 4.79 Å². The van der Waals surface area contributed by atoms with Crippen molar-refractivity contribution in [3.63, 3.8) is 0 Å². The highest BCUT2D eigenvalue weighted by molar-refractivity contribution is 5.96. The van der Waals surface area contributed by atoms with Gasteiger partial charge in [-0.25, -0.2) is 4.98 Å². The van der Waals surface area contributed by atoms with Gasteiger partial charge in [0.05, 0.1) is 17.3 Å². The highest BCUT2D eigenvalue weighted by Gasteiger charge is 2.33. The zero-order valence-corrected chi connectivity index (χ0v) is 19.4. The van der Waals surface area contributed by atoms with E-state index >= 15 is 0 Å². The van der Waals surface area contributed by atoms with Gasteiger partial charge < -0.3 is 14.8 Å². The van der Waals surface area contributed by atoms with Gasteiger partial charge in [0.1, 0.15) is 5.82 Å². The second kappa shape index (κ2) is 8.49. The predicted molar refractivity (Wildman–Crippen MR) is 128 cm³/mol. The first kappa shape index (κ1) is 21.4. The van der Waals surface area contributed by atoms with E-state index in [1.807, 2.05) is 47.4 Å². The number of imidazole rings is 1. The molecule has 0 bridgehead atoms. The summed E-state index contributed by atoms with van der Waals surface area (Å²) in [6, 6.07) is 15.8. The maximum atomic E-state index is 13.2. The Labute approximate surface area is 194 Å². The maximum absolute atomic E-state index is 13.2. The minimum absolute atomic E-state index is 0.0622. The van der Waals surface area contributed by atoms with Crippen LogP contribution in [-0.2, 0) is 0 Å². The van der Waals surface area contributed by atoms with Gasteiger partial charge in [0.15, 0.2) is 0 Å². The lowest BCUT2D eigenvalue weighted by atomic mass is 9.90. The van der Waals surface area contributed by atoms with E-state index in [2.05, 4.69) is 36.7 Å². The van der Waals surface area contributed by atoms with E-state index in [4.69, 9.17) is 10.2 Å². The SMILES string of the molecule is CCN1CC(c2nc(-c3cc(C(=O)N4CC(c5ccc(C#N)cc5)C4)ccc3C)c(C)[nH]2)C1. The molecule has 6 heteroatoms. The molecule has 33 heavy (non-hydrogen) atoms. The highest BCUT2D eigenvalue weighted by atomic mass is 16.2. The Hall–Kier alpha value is -3.43. The number of rotatable bonds is 5. The number of aromatic nitrogens is 2. The Morgan fingerprint density at radius 1 is 1.09 bits per heavy atom. The molecule has 0 unspecified atom stereocenters. The molecule has 3 heterocycles. The van der Waals surface area contributed by atoms with Gasteiger partial charge in [-0.05, 0) is 55.8 Å². The number of likely N-dealkylation sites (tertiary alicyclic amines) is 2. The zero-order chi connectivity index (χ0) is 23.1. The van der Waals surface area contributed by atoms with E-state index in [0.29, 0.717) is 36.1 Å². The molecule has 2 aromatic carbocycles. The number of amides is 1. The van der Waals surface area contributed by atoms with Crippen LogP contribution in [0.5, 0.6) is 0 Å². The Morgan fingerprint density at radius 3 is 2.48 bits per heavy atom. The third-order valence-corrected chi connectivity index (χ3v) is 7.11. The number of aryl methyl sites for hydroxylation is 2. The molecule has 0 spiro atoms. The van der Waals surface area contributed by atoms with Crippen LogP contribution < -0.4 is 0 Å². The standard InChI is InChI=1S/C27H29N5O/c1-4-31-13-23(14-31)26-29-18(3)25(30-26)24-11-21(8-5-17(24)2)27(33)32-15-22(16-32)20-9-6-19(12-28)7-10-20/h5-11,22-23H,4,13-16H2,1-3H3,(H,29,30). The second-order valence-corrected chi connectivity index (χ2v) is 9.32. The molecule has 0 aliphatic carbocycles. The number of nitriles is 1. The summed E-state index contributed by atoms with van der Waals surface area (Å²) in [5.41, 5.74) is 6.70. The Morgan fingerprint density at radius 2 is 1.82 bits per heavy atom. The fourth-order valence-electron chi connectivity index (χ4n) is 4.82. The maximum Gasteiger partial charge on any atom is 0.253 e. The van der Waals surface area contributed by atoms with Crippen LogP contribution in [0.4, 0.5) is 0 Å². The number of aromatic amines is 1. The summed E-state index contributed by atoms with van der Waals surface area (Å²) in [6.07, 6.45) is 0. The Bertz CT molecular complexity index is 1220. The Balaban J connectivity index is 1.31. The summed E-state index contributed by atoms with van der Waals surface area (Å²) in [5.74, 6) is 1.90. The number of carbonyl (C=O) groups excluding carboxylic acids is 1. The molecule has 0 radical (unpaired) electrons. The number of hydrogen-bond donors (Lipinski definition) is 1. The monoisotopic (exact) mass is 439 g/mol. The first-order chi connectivity index (χ1) is 16.0. The van der Waals surface area contributed by atoms with Crippen LogP contribution in [0.15, 0.2) is 42.5 Å². The molecule has 1 aromatic heterocycles. The van der Waals surface area contributed by atoms with Crippen LogP contribution in [0.25, 0.3) is 11.3 Å². The topological polar surface area (TPSA) is 76.0 Å². The van der Waals surface area contributed by atoms with E-state index in [-0.39, 0.29) is 5.91 Å². The lowest BCUT2D eigenvalue weighted by Gasteiger charge is -2.39. The van der Waals surface area contributed by atoms with Crippen molar-refractivity contribution in [1.82, 2.24) is 19.8 Å². The number of nitrogens with one attached hydrogen (secondary N) is 1. The van der Waals surface area contributed by atoms with Crippen molar-refractivity contribution in [3.8, 4) is 17.3 Å². The van der Waals surface area contributed by atoms with Crippen molar-refractivity contribution in [1.29, 1.82) is 5.26 Å². The molecular formula is C27H29N5O. The lowest BCUT2D eigenvalue weighted by molar-refractivity contribution is 0.0602. The van der Waals surface area contributed by atoms with Gasteiger partial charge >= 0.3 is 0 Å². The normalized spacial score (nSPS) is 16.8. The van der Waals surface area contributed by atoms with E-state index in [1.165, 1.54) is 5.56 Å². The van der Waals surface area contributed by atoms with Crippen LogP contribution in [0.2, 0.25) is 0 Å². The third kappa shape index (κ3) is 3.94. The fraction of sp³-hybridized carbons (Fsp3) is 0.370. The first-order valence-corrected chi connectivity index (χ1v) is 11.7. The molecule has 2 fully saturated rings. The number of hydrogen-bond acceptors (Lipinski definition) is 4. The minimum atomic E-state index is 0.0622. The van der Waals surface area contributed by atoms with Crippen molar-refractivity contribution in [2.24, 2.45) is 0 Å². The van der Waals surface area contributed by atoms with Crippen LogP contribution in [-0.4, -0.2) is 58.4 Å². The molecule has 168 valence electrons. The average molecular weight is 440 g/mol. The minimum Gasteiger partial charge on any atom is -0.345 e. The molecule has 2 saturated heterocycles. The summed E-state index contributed by atoms with van der Waals surface area (Å²) in [4.78, 5) is 25.9. The quantitative estimate of drug-likeness (QED) is 0.646. The van der Waals surface area contributed by atoms with Crippen LogP contribution >= 0.6 is 0 Å². The number of nitrogens with zero attached hydrogens (tertiary/aromatic N) is 4. The molecule has 6 nitrogen and oxygen atoms in total. The van der Waals surface area contributed by atoms with Gasteiger partial charge in [0.2, 0.25) is 0 Å². The molecule has 3 aromatic rings. The lowest BCUT2D eigenvalue weighted by Crippen LogP contribution is -2.48. The van der Waals surface area contributed by atoms with Gasteiger partial charge in [-0.15, -0.1) is 0 Å². The van der Waals surface area contributed by atoms with Crippen molar-refractivity contribution < 1.29 is 4.79 Å². The van der Waals surface area contributed by atoms with E-state index in [1.54, 1.807) is 0 Å². The van der Waals surface area contributed by atoms with Gasteiger partial charge in [0.25, 0.3) is 5.91 Å². The smallest absolute Gasteiger partial charge is 0.253 e. The van der Waals surface area contributed by atoms with Crippen molar-refractivity contribution in [2.45, 2.75) is 32.6 Å². The van der Waals surface area contributed by atoms with Crippen LogP contribution in [0, 0.1) is 25.2 Å². The molecule has 2 aliphatic heterocycles. The van der Waals surface area contributed by atoms with E-state index < -0.39 is 0 Å². The summed E-state index contributed by atoms with van der Waals surface area (Å²) in [7, 11) is 0. The van der Waals surface area contributed by atoms with Gasteiger partial charge in [0, 0.05) is 54.8 Å². The molecule has 2 aliphatic rings. The van der Waals surface area contributed by atoms with Crippen LogP contribution in [0.3, 0.4) is 0 Å². The Kier molecular flexibility index (Phi) is 5.51. The number of benzene rings is 2. The summed E-state index contributed by atoms with van der Waals surface area (Å²) >= 11 is 0. The number of carbonyl (C=O) groups is 1. The fourth-order valence-corrected chi connectivity index (χ4v) is 4.82. The summed E-state index contributed by atoms with van der Waals surface area (Å²) in [5, 5.41) is 8.97. The van der Waals surface area contributed by atoms with Crippen LogP contribution in [0.1, 0.15) is 57.3 Å². The summed E-state index contributed by atoms with van der Waals surface area (Å²) in [6.45, 7) is 10.9. The van der Waals surface area contributed by atoms with Crippen molar-refractivity contribution >= 4 is 5.91 Å². The molecule has 0 saturated carbocycles. The predicted octanol–water partition coefficient (Wildman–Crippen LogP) is 4.22. The second-order valence-electron chi connectivity index (χ2n) is 9.32. The molecule has 5 rings (SSSR count). The zero-order valence-electron chi connectivity index (χ0n) is 19.4. The van der Waals surface area contributed by atoms with Gasteiger partial charge in [-0.2, -0.15) is 5.26 Å². The van der Waals surface area contributed by atoms with E-state index in [0.717, 1.165) is 48.0 Å². The molecular weight excluding hydrogens is 410 g/mol. The largest absolute Gasteiger partial charge is 0.345 e. The first-order valence-electron chi connectivity index (χ1n) is 11.7.